The van der Waals surface area contributed by atoms with Crippen molar-refractivity contribution in [1.82, 2.24) is 0 Å². The van der Waals surface area contributed by atoms with Gasteiger partial charge >= 0.3 is 0 Å². The highest BCUT2D eigenvalue weighted by Gasteiger charge is 2.10. The molecule has 0 N–H and O–H groups in total. The zero-order valence-corrected chi connectivity index (χ0v) is 12.0. The van der Waals surface area contributed by atoms with Gasteiger partial charge in [0.25, 0.3) is 0 Å². The van der Waals surface area contributed by atoms with E-state index in [1.165, 1.54) is 27.6 Å². The van der Waals surface area contributed by atoms with Crippen molar-refractivity contribution in [2.45, 2.75) is 47.0 Å². The van der Waals surface area contributed by atoms with Gasteiger partial charge < -0.3 is 0 Å². The quantitative estimate of drug-likeness (QED) is 0.717. The predicted octanol–water partition coefficient (Wildman–Crippen LogP) is 5.08. The summed E-state index contributed by atoms with van der Waals surface area (Å²) >= 11 is 3.61. The Morgan fingerprint density at radius 1 is 1.13 bits per heavy atom. The van der Waals surface area contributed by atoms with Crippen molar-refractivity contribution in [2.75, 3.05) is 0 Å². The fourth-order valence-electron chi connectivity index (χ4n) is 1.91. The molecule has 84 valence electrons. The molecule has 1 heteroatoms. The highest BCUT2D eigenvalue weighted by molar-refractivity contribution is 9.10. The summed E-state index contributed by atoms with van der Waals surface area (Å²) in [5.41, 5.74) is 4.34. The molecule has 0 unspecified atom stereocenters. The summed E-state index contributed by atoms with van der Waals surface area (Å²) in [5.74, 6) is 1.33. The lowest BCUT2D eigenvalue weighted by molar-refractivity contribution is 0.638. The van der Waals surface area contributed by atoms with Crippen LogP contribution in [0.5, 0.6) is 0 Å². The summed E-state index contributed by atoms with van der Waals surface area (Å²) < 4.78 is 1.23. The molecule has 0 aliphatic carbocycles. The summed E-state index contributed by atoms with van der Waals surface area (Å²) in [4.78, 5) is 0. The van der Waals surface area contributed by atoms with Crippen LogP contribution in [0.3, 0.4) is 0 Å². The van der Waals surface area contributed by atoms with E-state index in [1.54, 1.807) is 0 Å². The zero-order chi connectivity index (χ0) is 11.6. The lowest BCUT2D eigenvalue weighted by Crippen LogP contribution is -2.02. The Morgan fingerprint density at radius 3 is 2.20 bits per heavy atom. The second kappa shape index (κ2) is 5.16. The van der Waals surface area contributed by atoms with Gasteiger partial charge in [-0.3, -0.25) is 0 Å². The van der Waals surface area contributed by atoms with Crippen LogP contribution in [0.1, 0.15) is 50.3 Å². The molecule has 0 amide bonds. The molecule has 0 bridgehead atoms. The molecule has 1 aromatic rings. The van der Waals surface area contributed by atoms with Gasteiger partial charge in [-0.05, 0) is 47.9 Å². The smallest absolute Gasteiger partial charge is 0.0207 e. The van der Waals surface area contributed by atoms with E-state index in [0.717, 1.165) is 5.92 Å². The van der Waals surface area contributed by atoms with E-state index >= 15 is 0 Å². The van der Waals surface area contributed by atoms with Crippen molar-refractivity contribution in [3.05, 3.63) is 33.3 Å². The van der Waals surface area contributed by atoms with Gasteiger partial charge in [0.05, 0.1) is 0 Å². The first kappa shape index (κ1) is 12.8. The lowest BCUT2D eigenvalue weighted by atomic mass is 9.90. The van der Waals surface area contributed by atoms with Crippen molar-refractivity contribution in [1.29, 1.82) is 0 Å². The summed E-state index contributed by atoms with van der Waals surface area (Å²) in [6, 6.07) is 4.62. The molecule has 0 aliphatic heterocycles. The number of aryl methyl sites for hydroxylation is 1. The van der Waals surface area contributed by atoms with E-state index in [9.17, 15) is 0 Å². The van der Waals surface area contributed by atoms with Crippen LogP contribution < -0.4 is 0 Å². The molecule has 0 saturated carbocycles. The minimum atomic E-state index is 0.607. The maximum atomic E-state index is 3.61. The van der Waals surface area contributed by atoms with Crippen LogP contribution in [0.25, 0.3) is 0 Å². The average molecular weight is 269 g/mol. The predicted molar refractivity (Wildman–Crippen MR) is 71.5 cm³/mol. The number of rotatable bonds is 3. The van der Waals surface area contributed by atoms with Crippen molar-refractivity contribution < 1.29 is 0 Å². The van der Waals surface area contributed by atoms with Crippen molar-refractivity contribution in [3.8, 4) is 0 Å². The first-order valence-electron chi connectivity index (χ1n) is 5.70. The molecule has 1 rings (SSSR count). The Balaban J connectivity index is 3.16. The Labute approximate surface area is 102 Å². The van der Waals surface area contributed by atoms with Crippen molar-refractivity contribution in [3.63, 3.8) is 0 Å². The standard InChI is InChI=1S/C14H21Br/c1-9(2)6-12-7-11(5)14(15)8-13(12)10(3)4/h7-10H,6H2,1-5H3. The number of halogens is 1. The highest BCUT2D eigenvalue weighted by Crippen LogP contribution is 2.28. The van der Waals surface area contributed by atoms with Crippen LogP contribution in [0, 0.1) is 12.8 Å². The van der Waals surface area contributed by atoms with Crippen LogP contribution in [0.15, 0.2) is 16.6 Å². The Hall–Kier alpha value is -0.300. The van der Waals surface area contributed by atoms with Gasteiger partial charge in [0, 0.05) is 4.47 Å². The molecule has 0 spiro atoms. The third-order valence-electron chi connectivity index (χ3n) is 2.67. The van der Waals surface area contributed by atoms with Gasteiger partial charge in [-0.1, -0.05) is 49.7 Å². The molecular formula is C14H21Br. The Kier molecular flexibility index (Phi) is 4.39. The number of benzene rings is 1. The van der Waals surface area contributed by atoms with Crippen LogP contribution in [0.2, 0.25) is 0 Å². The molecule has 0 saturated heterocycles. The van der Waals surface area contributed by atoms with Gasteiger partial charge in [0.15, 0.2) is 0 Å². The normalized spacial score (nSPS) is 11.5. The van der Waals surface area contributed by atoms with Gasteiger partial charge in [0.2, 0.25) is 0 Å². The van der Waals surface area contributed by atoms with E-state index in [4.69, 9.17) is 0 Å². The molecule has 0 aliphatic rings. The van der Waals surface area contributed by atoms with Crippen molar-refractivity contribution in [2.24, 2.45) is 5.92 Å². The minimum absolute atomic E-state index is 0.607. The van der Waals surface area contributed by atoms with Crippen LogP contribution in [-0.4, -0.2) is 0 Å². The maximum absolute atomic E-state index is 3.61. The Bertz CT molecular complexity index is 337. The second-order valence-corrected chi connectivity index (χ2v) is 5.91. The number of hydrogen-bond donors (Lipinski definition) is 0. The fraction of sp³-hybridized carbons (Fsp3) is 0.571. The molecule has 0 fully saturated rings. The van der Waals surface area contributed by atoms with Gasteiger partial charge in [-0.2, -0.15) is 0 Å². The first-order valence-corrected chi connectivity index (χ1v) is 6.50. The molecule has 0 aromatic heterocycles. The van der Waals surface area contributed by atoms with E-state index in [2.05, 4.69) is 62.7 Å². The van der Waals surface area contributed by atoms with Gasteiger partial charge in [0.1, 0.15) is 0 Å². The SMILES string of the molecule is Cc1cc(CC(C)C)c(C(C)C)cc1Br. The molecule has 0 radical (unpaired) electrons. The molecular weight excluding hydrogens is 248 g/mol. The van der Waals surface area contributed by atoms with E-state index in [0.29, 0.717) is 5.92 Å². The summed E-state index contributed by atoms with van der Waals surface area (Å²) in [6.45, 7) is 11.3. The van der Waals surface area contributed by atoms with Crippen molar-refractivity contribution >= 4 is 15.9 Å². The summed E-state index contributed by atoms with van der Waals surface area (Å²) in [7, 11) is 0. The third-order valence-corrected chi connectivity index (χ3v) is 3.52. The van der Waals surface area contributed by atoms with E-state index in [-0.39, 0.29) is 0 Å². The van der Waals surface area contributed by atoms with Crippen LogP contribution in [-0.2, 0) is 6.42 Å². The molecule has 1 aromatic carbocycles. The van der Waals surface area contributed by atoms with Gasteiger partial charge in [-0.25, -0.2) is 0 Å². The number of hydrogen-bond acceptors (Lipinski definition) is 0. The molecule has 0 heterocycles. The molecule has 15 heavy (non-hydrogen) atoms. The maximum Gasteiger partial charge on any atom is 0.0207 e. The second-order valence-electron chi connectivity index (χ2n) is 5.05. The summed E-state index contributed by atoms with van der Waals surface area (Å²) in [5, 5.41) is 0. The highest BCUT2D eigenvalue weighted by atomic mass is 79.9. The van der Waals surface area contributed by atoms with Crippen LogP contribution in [0.4, 0.5) is 0 Å². The van der Waals surface area contributed by atoms with Gasteiger partial charge in [-0.15, -0.1) is 0 Å². The fourth-order valence-corrected chi connectivity index (χ4v) is 2.27. The first-order chi connectivity index (χ1) is 6.91. The van der Waals surface area contributed by atoms with E-state index in [1.807, 2.05) is 0 Å². The molecule has 0 nitrogen and oxygen atoms in total. The van der Waals surface area contributed by atoms with E-state index < -0.39 is 0 Å². The topological polar surface area (TPSA) is 0 Å². The average Bonchev–Trinajstić information content (AvgIpc) is 2.09. The Morgan fingerprint density at radius 2 is 1.73 bits per heavy atom. The van der Waals surface area contributed by atoms with Crippen LogP contribution >= 0.6 is 15.9 Å². The summed E-state index contributed by atoms with van der Waals surface area (Å²) in [6.07, 6.45) is 1.18. The largest absolute Gasteiger partial charge is 0.0625 e. The zero-order valence-electron chi connectivity index (χ0n) is 10.4. The minimum Gasteiger partial charge on any atom is -0.0625 e. The third kappa shape index (κ3) is 3.34. The monoisotopic (exact) mass is 268 g/mol. The molecule has 0 atom stereocenters. The lowest BCUT2D eigenvalue weighted by Gasteiger charge is -2.16.